The molecule has 3 nitrogen and oxygen atoms in total. The lowest BCUT2D eigenvalue weighted by atomic mass is 9.77. The maximum atomic E-state index is 11.7. The summed E-state index contributed by atoms with van der Waals surface area (Å²) in [6.45, 7) is 2.46. The van der Waals surface area contributed by atoms with Crippen molar-refractivity contribution in [1.29, 1.82) is 0 Å². The molecule has 0 radical (unpaired) electrons. The molecule has 0 bridgehead atoms. The zero-order valence-electron chi connectivity index (χ0n) is 11.0. The quantitative estimate of drug-likeness (QED) is 0.923. The molecule has 3 unspecified atom stereocenters. The molecule has 102 valence electrons. The van der Waals surface area contributed by atoms with Crippen molar-refractivity contribution in [3.8, 4) is 0 Å². The average Bonchev–Trinajstić information content (AvgIpc) is 2.94. The highest BCUT2D eigenvalue weighted by Crippen LogP contribution is 2.47. The van der Waals surface area contributed by atoms with Crippen molar-refractivity contribution in [3.63, 3.8) is 0 Å². The highest BCUT2D eigenvalue weighted by atomic mass is 32.2. The molecular formula is C15H18O3S. The van der Waals surface area contributed by atoms with Crippen molar-refractivity contribution >= 4 is 17.7 Å². The number of carbonyl (C=O) groups is 1. The summed E-state index contributed by atoms with van der Waals surface area (Å²) in [5, 5.41) is 9.98. The van der Waals surface area contributed by atoms with Crippen molar-refractivity contribution < 1.29 is 14.6 Å². The second-order valence-corrected chi connectivity index (χ2v) is 6.82. The molecule has 2 heterocycles. The monoisotopic (exact) mass is 278 g/mol. The fourth-order valence-corrected chi connectivity index (χ4v) is 4.65. The van der Waals surface area contributed by atoms with Gasteiger partial charge < -0.3 is 9.84 Å². The van der Waals surface area contributed by atoms with Crippen LogP contribution < -0.4 is 0 Å². The lowest BCUT2D eigenvalue weighted by Crippen LogP contribution is -2.39. The Labute approximate surface area is 117 Å². The van der Waals surface area contributed by atoms with Crippen LogP contribution in [0.25, 0.3) is 0 Å². The van der Waals surface area contributed by atoms with Crippen molar-refractivity contribution in [2.75, 3.05) is 6.61 Å². The van der Waals surface area contributed by atoms with Crippen LogP contribution >= 0.6 is 11.8 Å². The van der Waals surface area contributed by atoms with E-state index in [1.165, 1.54) is 10.5 Å². The zero-order valence-corrected chi connectivity index (χ0v) is 11.8. The first-order valence-corrected chi connectivity index (χ1v) is 7.59. The van der Waals surface area contributed by atoms with E-state index < -0.39 is 11.4 Å². The number of hydrogen-bond donors (Lipinski definition) is 1. The SMILES string of the molecule is CC1OCCC1(CC1Cc2ccccc2S1)C(=O)O. The zero-order chi connectivity index (χ0) is 13.5. The van der Waals surface area contributed by atoms with E-state index in [9.17, 15) is 9.90 Å². The number of rotatable bonds is 3. The number of carboxylic acids is 1. The van der Waals surface area contributed by atoms with Gasteiger partial charge in [-0.05, 0) is 37.8 Å². The summed E-state index contributed by atoms with van der Waals surface area (Å²) in [5.74, 6) is -0.700. The van der Waals surface area contributed by atoms with E-state index in [0.717, 1.165) is 6.42 Å². The molecule has 0 amide bonds. The number of fused-ring (bicyclic) bond motifs is 1. The van der Waals surface area contributed by atoms with Gasteiger partial charge in [-0.2, -0.15) is 0 Å². The Morgan fingerprint density at radius 1 is 1.53 bits per heavy atom. The van der Waals surface area contributed by atoms with Gasteiger partial charge in [-0.3, -0.25) is 4.79 Å². The van der Waals surface area contributed by atoms with Crippen LogP contribution in [0.5, 0.6) is 0 Å². The van der Waals surface area contributed by atoms with Crippen molar-refractivity contribution in [1.82, 2.24) is 0 Å². The molecule has 3 rings (SSSR count). The standard InChI is InChI=1S/C15H18O3S/c1-10-15(14(16)17,6-7-18-10)9-12-8-11-4-2-3-5-13(11)19-12/h2-5,10,12H,6-9H2,1H3,(H,16,17). The smallest absolute Gasteiger partial charge is 0.312 e. The molecule has 3 atom stereocenters. The predicted octanol–water partition coefficient (Wildman–Crippen LogP) is 2.97. The third-order valence-electron chi connectivity index (χ3n) is 4.43. The van der Waals surface area contributed by atoms with E-state index in [-0.39, 0.29) is 6.10 Å². The van der Waals surface area contributed by atoms with Gasteiger partial charge in [-0.15, -0.1) is 11.8 Å². The lowest BCUT2D eigenvalue weighted by molar-refractivity contribution is -0.152. The molecule has 0 saturated carbocycles. The minimum Gasteiger partial charge on any atom is -0.481 e. The Morgan fingerprint density at radius 2 is 2.32 bits per heavy atom. The molecule has 1 aromatic rings. The van der Waals surface area contributed by atoms with Crippen LogP contribution in [0.4, 0.5) is 0 Å². The Bertz CT molecular complexity index is 477. The number of aliphatic carboxylic acids is 1. The molecule has 1 fully saturated rings. The van der Waals surface area contributed by atoms with Crippen LogP contribution in [0.1, 0.15) is 25.3 Å². The Kier molecular flexibility index (Phi) is 3.31. The van der Waals surface area contributed by atoms with Gasteiger partial charge in [-0.1, -0.05) is 18.2 Å². The molecule has 0 spiro atoms. The van der Waals surface area contributed by atoms with Crippen LogP contribution in [0.2, 0.25) is 0 Å². The van der Waals surface area contributed by atoms with Gasteiger partial charge in [-0.25, -0.2) is 0 Å². The normalized spacial score (nSPS) is 33.3. The largest absolute Gasteiger partial charge is 0.481 e. The molecule has 1 saturated heterocycles. The molecule has 0 aliphatic carbocycles. The average molecular weight is 278 g/mol. The van der Waals surface area contributed by atoms with Gasteiger partial charge >= 0.3 is 5.97 Å². The Balaban J connectivity index is 1.77. The molecule has 0 aromatic heterocycles. The number of ether oxygens (including phenoxy) is 1. The summed E-state index contributed by atoms with van der Waals surface area (Å²) in [6, 6.07) is 8.37. The molecule has 2 aliphatic heterocycles. The van der Waals surface area contributed by atoms with Gasteiger partial charge in [0.25, 0.3) is 0 Å². The minimum atomic E-state index is -0.700. The molecule has 4 heteroatoms. The van der Waals surface area contributed by atoms with E-state index in [1.54, 1.807) is 0 Å². The van der Waals surface area contributed by atoms with E-state index in [1.807, 2.05) is 24.8 Å². The fourth-order valence-electron chi connectivity index (χ4n) is 3.19. The lowest BCUT2D eigenvalue weighted by Gasteiger charge is -2.29. The summed E-state index contributed by atoms with van der Waals surface area (Å²) in [6.07, 6.45) is 2.12. The first-order chi connectivity index (χ1) is 9.12. The molecule has 19 heavy (non-hydrogen) atoms. The van der Waals surface area contributed by atoms with Crippen LogP contribution in [0.15, 0.2) is 29.2 Å². The Morgan fingerprint density at radius 3 is 2.95 bits per heavy atom. The summed E-state index contributed by atoms with van der Waals surface area (Å²) < 4.78 is 5.53. The van der Waals surface area contributed by atoms with Crippen LogP contribution in [-0.4, -0.2) is 29.0 Å². The highest BCUT2D eigenvalue weighted by molar-refractivity contribution is 8.00. The summed E-state index contributed by atoms with van der Waals surface area (Å²) in [7, 11) is 0. The van der Waals surface area contributed by atoms with Crippen molar-refractivity contribution in [3.05, 3.63) is 29.8 Å². The summed E-state index contributed by atoms with van der Waals surface area (Å²) in [4.78, 5) is 13.0. The van der Waals surface area contributed by atoms with Crippen LogP contribution in [0, 0.1) is 5.41 Å². The topological polar surface area (TPSA) is 46.5 Å². The first-order valence-electron chi connectivity index (χ1n) is 6.71. The molecular weight excluding hydrogens is 260 g/mol. The van der Waals surface area contributed by atoms with E-state index in [2.05, 4.69) is 18.2 Å². The van der Waals surface area contributed by atoms with Gasteiger partial charge in [0.1, 0.15) is 0 Å². The van der Waals surface area contributed by atoms with Crippen LogP contribution in [0.3, 0.4) is 0 Å². The fraction of sp³-hybridized carbons (Fsp3) is 0.533. The Hall–Kier alpha value is -1.00. The number of hydrogen-bond acceptors (Lipinski definition) is 3. The van der Waals surface area contributed by atoms with Crippen LogP contribution in [-0.2, 0) is 16.0 Å². The van der Waals surface area contributed by atoms with E-state index >= 15 is 0 Å². The predicted molar refractivity (Wildman–Crippen MR) is 74.5 cm³/mol. The van der Waals surface area contributed by atoms with Gasteiger partial charge in [0.15, 0.2) is 0 Å². The second-order valence-electron chi connectivity index (χ2n) is 5.48. The molecule has 1 aromatic carbocycles. The van der Waals surface area contributed by atoms with Gasteiger partial charge in [0.05, 0.1) is 11.5 Å². The van der Waals surface area contributed by atoms with Crippen molar-refractivity contribution in [2.45, 2.75) is 42.4 Å². The minimum absolute atomic E-state index is 0.186. The molecule has 1 N–H and O–H groups in total. The van der Waals surface area contributed by atoms with Gasteiger partial charge in [0, 0.05) is 16.8 Å². The summed E-state index contributed by atoms with van der Waals surface area (Å²) in [5.41, 5.74) is 0.657. The van der Waals surface area contributed by atoms with E-state index in [4.69, 9.17) is 4.74 Å². The maximum absolute atomic E-state index is 11.7. The van der Waals surface area contributed by atoms with Crippen molar-refractivity contribution in [2.24, 2.45) is 5.41 Å². The highest BCUT2D eigenvalue weighted by Gasteiger charge is 2.50. The number of carboxylic acid groups (broad SMARTS) is 1. The summed E-state index contributed by atoms with van der Waals surface area (Å²) >= 11 is 1.82. The second kappa shape index (κ2) is 4.84. The third kappa shape index (κ3) is 2.17. The first kappa shape index (κ1) is 13.0. The maximum Gasteiger partial charge on any atom is 0.312 e. The number of thioether (sulfide) groups is 1. The van der Waals surface area contributed by atoms with Gasteiger partial charge in [0.2, 0.25) is 0 Å². The van der Waals surface area contributed by atoms with E-state index in [0.29, 0.717) is 24.7 Å². The molecule has 2 aliphatic rings. The number of benzene rings is 1. The third-order valence-corrected chi connectivity index (χ3v) is 5.74.